The Morgan fingerprint density at radius 1 is 0.714 bits per heavy atom. The maximum absolute atomic E-state index is 12.0. The number of rotatable bonds is 11. The van der Waals surface area contributed by atoms with Crippen LogP contribution in [0.3, 0.4) is 0 Å². The van der Waals surface area contributed by atoms with Crippen LogP contribution in [0.5, 0.6) is 0 Å². The molecule has 0 saturated carbocycles. The fourth-order valence-electron chi connectivity index (χ4n) is 5.67. The summed E-state index contributed by atoms with van der Waals surface area (Å²) in [4.78, 5) is 0. The number of aliphatic hydroxyl groups is 2. The van der Waals surface area contributed by atoms with Crippen LogP contribution in [0, 0.1) is 5.41 Å². The van der Waals surface area contributed by atoms with Crippen molar-refractivity contribution in [2.75, 3.05) is 6.61 Å². The van der Waals surface area contributed by atoms with Gasteiger partial charge >= 0.3 is 0 Å². The summed E-state index contributed by atoms with van der Waals surface area (Å²) in [5.41, 5.74) is 4.59. The molecular formula is C33H44O2. The fraction of sp³-hybridized carbons (Fsp3) is 0.455. The van der Waals surface area contributed by atoms with Gasteiger partial charge in [0.15, 0.2) is 0 Å². The SMILES string of the molecule is CCCCC(CC)(CO)C(O)c1cccc(C(C)(C)c2ccccc2)c1C(C)(C)c1ccccc1. The summed E-state index contributed by atoms with van der Waals surface area (Å²) in [6.07, 6.45) is 2.79. The standard InChI is InChI=1S/C33H44O2/c1-7-9-23-33(8-2,24-34)30(35)27-21-16-22-28(31(3,4)25-17-12-10-13-18-25)29(27)32(5,6)26-19-14-11-15-20-26/h10-22,30,34-35H,7-9,23-24H2,1-6H3. The highest BCUT2D eigenvalue weighted by Crippen LogP contribution is 2.49. The quantitative estimate of drug-likeness (QED) is 0.297. The number of hydrogen-bond donors (Lipinski definition) is 2. The largest absolute Gasteiger partial charge is 0.396 e. The first-order chi connectivity index (χ1) is 16.7. The van der Waals surface area contributed by atoms with E-state index in [-0.39, 0.29) is 17.4 Å². The molecule has 0 aliphatic carbocycles. The van der Waals surface area contributed by atoms with Gasteiger partial charge in [0.1, 0.15) is 0 Å². The highest BCUT2D eigenvalue weighted by Gasteiger charge is 2.42. The molecule has 3 aromatic rings. The third-order valence-corrected chi connectivity index (χ3v) is 8.31. The Morgan fingerprint density at radius 2 is 1.26 bits per heavy atom. The second-order valence-corrected chi connectivity index (χ2v) is 11.1. The van der Waals surface area contributed by atoms with Crippen LogP contribution in [0.15, 0.2) is 78.9 Å². The second kappa shape index (κ2) is 11.1. The van der Waals surface area contributed by atoms with Crippen molar-refractivity contribution in [3.8, 4) is 0 Å². The molecule has 0 heterocycles. The van der Waals surface area contributed by atoms with E-state index in [1.54, 1.807) is 0 Å². The minimum atomic E-state index is -0.756. The van der Waals surface area contributed by atoms with Crippen LogP contribution >= 0.6 is 0 Å². The number of aliphatic hydroxyl groups excluding tert-OH is 2. The molecular weight excluding hydrogens is 428 g/mol. The van der Waals surface area contributed by atoms with Gasteiger partial charge in [0, 0.05) is 16.2 Å². The van der Waals surface area contributed by atoms with Gasteiger partial charge in [-0.3, -0.25) is 0 Å². The first kappa shape index (κ1) is 27.2. The van der Waals surface area contributed by atoms with Gasteiger partial charge in [-0.05, 0) is 40.7 Å². The smallest absolute Gasteiger partial charge is 0.0871 e. The first-order valence-electron chi connectivity index (χ1n) is 13.2. The maximum Gasteiger partial charge on any atom is 0.0871 e. The van der Waals surface area contributed by atoms with Gasteiger partial charge in [0.2, 0.25) is 0 Å². The van der Waals surface area contributed by atoms with Crippen molar-refractivity contribution in [1.82, 2.24) is 0 Å². The van der Waals surface area contributed by atoms with Crippen molar-refractivity contribution in [3.63, 3.8) is 0 Å². The van der Waals surface area contributed by atoms with Crippen molar-refractivity contribution in [2.24, 2.45) is 5.41 Å². The molecule has 0 aromatic heterocycles. The fourth-order valence-corrected chi connectivity index (χ4v) is 5.67. The van der Waals surface area contributed by atoms with Crippen LogP contribution in [0.1, 0.15) is 101 Å². The highest BCUT2D eigenvalue weighted by atomic mass is 16.3. The van der Waals surface area contributed by atoms with E-state index in [4.69, 9.17) is 0 Å². The molecule has 3 aromatic carbocycles. The van der Waals surface area contributed by atoms with E-state index in [0.29, 0.717) is 0 Å². The number of unbranched alkanes of at least 4 members (excludes halogenated alkanes) is 1. The third kappa shape index (κ3) is 5.25. The lowest BCUT2D eigenvalue weighted by molar-refractivity contribution is -0.0311. The molecule has 3 rings (SSSR count). The Labute approximate surface area is 213 Å². The van der Waals surface area contributed by atoms with Crippen molar-refractivity contribution < 1.29 is 10.2 Å². The van der Waals surface area contributed by atoms with Crippen LogP contribution in [-0.2, 0) is 10.8 Å². The molecule has 2 unspecified atom stereocenters. The van der Waals surface area contributed by atoms with E-state index in [0.717, 1.165) is 36.8 Å². The zero-order chi connectivity index (χ0) is 25.7. The van der Waals surface area contributed by atoms with Gasteiger partial charge in [-0.15, -0.1) is 0 Å². The summed E-state index contributed by atoms with van der Waals surface area (Å²) in [5, 5.41) is 22.6. The summed E-state index contributed by atoms with van der Waals surface area (Å²) in [6.45, 7) is 13.3. The predicted molar refractivity (Wildman–Crippen MR) is 148 cm³/mol. The minimum Gasteiger partial charge on any atom is -0.396 e. The topological polar surface area (TPSA) is 40.5 Å². The molecule has 0 bridgehead atoms. The van der Waals surface area contributed by atoms with Crippen LogP contribution in [-0.4, -0.2) is 16.8 Å². The Bertz CT molecular complexity index is 1060. The average molecular weight is 473 g/mol. The minimum absolute atomic E-state index is 0.0256. The molecule has 0 saturated heterocycles. The summed E-state index contributed by atoms with van der Waals surface area (Å²) in [7, 11) is 0. The van der Waals surface area contributed by atoms with E-state index >= 15 is 0 Å². The number of hydrogen-bond acceptors (Lipinski definition) is 2. The van der Waals surface area contributed by atoms with Gasteiger partial charge in [-0.25, -0.2) is 0 Å². The Morgan fingerprint density at radius 3 is 1.74 bits per heavy atom. The second-order valence-electron chi connectivity index (χ2n) is 11.1. The van der Waals surface area contributed by atoms with E-state index in [2.05, 4.69) is 114 Å². The van der Waals surface area contributed by atoms with Crippen molar-refractivity contribution in [3.05, 3.63) is 107 Å². The average Bonchev–Trinajstić information content (AvgIpc) is 2.90. The zero-order valence-corrected chi connectivity index (χ0v) is 22.5. The summed E-state index contributed by atoms with van der Waals surface area (Å²) < 4.78 is 0. The van der Waals surface area contributed by atoms with Crippen LogP contribution in [0.4, 0.5) is 0 Å². The van der Waals surface area contributed by atoms with E-state index in [1.165, 1.54) is 16.7 Å². The predicted octanol–water partition coefficient (Wildman–Crippen LogP) is 7.95. The lowest BCUT2D eigenvalue weighted by Crippen LogP contribution is -2.36. The molecule has 2 nitrogen and oxygen atoms in total. The first-order valence-corrected chi connectivity index (χ1v) is 13.2. The molecule has 0 amide bonds. The monoisotopic (exact) mass is 472 g/mol. The molecule has 35 heavy (non-hydrogen) atoms. The third-order valence-electron chi connectivity index (χ3n) is 8.31. The zero-order valence-electron chi connectivity index (χ0n) is 22.5. The molecule has 0 aliphatic heterocycles. The van der Waals surface area contributed by atoms with E-state index in [1.807, 2.05) is 6.07 Å². The maximum atomic E-state index is 12.0. The van der Waals surface area contributed by atoms with Crippen LogP contribution < -0.4 is 0 Å². The number of benzene rings is 3. The van der Waals surface area contributed by atoms with Gasteiger partial charge in [-0.1, -0.05) is 133 Å². The lowest BCUT2D eigenvalue weighted by atomic mass is 9.64. The lowest BCUT2D eigenvalue weighted by Gasteiger charge is -2.42. The van der Waals surface area contributed by atoms with Crippen molar-refractivity contribution in [1.29, 1.82) is 0 Å². The summed E-state index contributed by atoms with van der Waals surface area (Å²) in [5.74, 6) is 0. The van der Waals surface area contributed by atoms with E-state index in [9.17, 15) is 10.2 Å². The van der Waals surface area contributed by atoms with Gasteiger partial charge in [0.05, 0.1) is 12.7 Å². The van der Waals surface area contributed by atoms with Gasteiger partial charge < -0.3 is 10.2 Å². The molecule has 2 atom stereocenters. The molecule has 2 heteroatoms. The van der Waals surface area contributed by atoms with Gasteiger partial charge in [-0.2, -0.15) is 0 Å². The molecule has 0 radical (unpaired) electrons. The summed E-state index contributed by atoms with van der Waals surface area (Å²) in [6, 6.07) is 27.6. The molecule has 0 spiro atoms. The Hall–Kier alpha value is -2.42. The molecule has 188 valence electrons. The molecule has 2 N–H and O–H groups in total. The highest BCUT2D eigenvalue weighted by molar-refractivity contribution is 5.53. The van der Waals surface area contributed by atoms with Crippen molar-refractivity contribution in [2.45, 2.75) is 84.2 Å². The summed E-state index contributed by atoms with van der Waals surface area (Å²) >= 11 is 0. The van der Waals surface area contributed by atoms with Gasteiger partial charge in [0.25, 0.3) is 0 Å². The Kier molecular flexibility index (Phi) is 8.62. The Balaban J connectivity index is 2.32. The normalized spacial score (nSPS) is 15.0. The van der Waals surface area contributed by atoms with Crippen LogP contribution in [0.2, 0.25) is 0 Å². The van der Waals surface area contributed by atoms with E-state index < -0.39 is 11.5 Å². The van der Waals surface area contributed by atoms with Crippen LogP contribution in [0.25, 0.3) is 0 Å². The molecule has 0 aliphatic rings. The molecule has 0 fully saturated rings. The van der Waals surface area contributed by atoms with Crippen molar-refractivity contribution >= 4 is 0 Å².